The molecule has 0 aliphatic carbocycles. The number of carbonyl (C=O) groups is 1. The molecule has 11 heteroatoms. The highest BCUT2D eigenvalue weighted by Crippen LogP contribution is 2.28. The number of amides is 1. The number of carbonyl (C=O) groups excluding carboxylic acids is 1. The number of imidazole rings is 1. The van der Waals surface area contributed by atoms with Crippen LogP contribution in [0, 0.1) is 11.3 Å². The Morgan fingerprint density at radius 1 is 1.42 bits per heavy atom. The van der Waals surface area contributed by atoms with E-state index in [9.17, 15) is 10.1 Å². The maximum atomic E-state index is 13.0. The molecule has 2 aromatic heterocycles. The minimum absolute atomic E-state index is 0.0149. The van der Waals surface area contributed by atoms with Crippen molar-refractivity contribution in [2.24, 2.45) is 7.05 Å². The van der Waals surface area contributed by atoms with Gasteiger partial charge in [0.25, 0.3) is 5.91 Å². The summed E-state index contributed by atoms with van der Waals surface area (Å²) in [6.07, 6.45) is 3.27. The molecule has 3 heterocycles. The Labute approximate surface area is 190 Å². The highest BCUT2D eigenvalue weighted by atomic mass is 16.7. The van der Waals surface area contributed by atoms with Crippen LogP contribution in [0.25, 0.3) is 11.4 Å². The van der Waals surface area contributed by atoms with Crippen molar-refractivity contribution < 1.29 is 19.1 Å². The fraction of sp³-hybridized carbons (Fsp3) is 0.318. The number of ether oxygens (including phenoxy) is 2. The largest absolute Gasteiger partial charge is 0.471 e. The summed E-state index contributed by atoms with van der Waals surface area (Å²) in [6.45, 7) is 2.67. The summed E-state index contributed by atoms with van der Waals surface area (Å²) in [5, 5.41) is 9.19. The van der Waals surface area contributed by atoms with E-state index in [4.69, 9.17) is 20.0 Å². The molecule has 0 spiro atoms. The minimum atomic E-state index is -0.653. The number of nitrogen functional groups attached to an aromatic ring is 1. The molecule has 4 rings (SSSR count). The molecule has 0 saturated carbocycles. The first-order chi connectivity index (χ1) is 16.0. The van der Waals surface area contributed by atoms with E-state index < -0.39 is 12.0 Å². The van der Waals surface area contributed by atoms with Crippen LogP contribution in [0.3, 0.4) is 0 Å². The summed E-state index contributed by atoms with van der Waals surface area (Å²) < 4.78 is 13.1. The third-order valence-electron chi connectivity index (χ3n) is 5.10. The molecule has 33 heavy (non-hydrogen) atoms. The van der Waals surface area contributed by atoms with Crippen LogP contribution in [-0.2, 0) is 16.6 Å². The third kappa shape index (κ3) is 4.92. The lowest BCUT2D eigenvalue weighted by atomic mass is 10.1. The molecule has 3 aromatic rings. The summed E-state index contributed by atoms with van der Waals surface area (Å²) in [5.41, 5.74) is 9.53. The molecule has 1 aliphatic rings. The van der Waals surface area contributed by atoms with Gasteiger partial charge in [0.1, 0.15) is 29.4 Å². The fourth-order valence-corrected chi connectivity index (χ4v) is 3.39. The fourth-order valence-electron chi connectivity index (χ4n) is 3.39. The van der Waals surface area contributed by atoms with Gasteiger partial charge in [-0.05, 0) is 19.1 Å². The van der Waals surface area contributed by atoms with E-state index in [1.165, 1.54) is 0 Å². The van der Waals surface area contributed by atoms with Crippen molar-refractivity contribution in [2.45, 2.75) is 25.6 Å². The molecule has 11 nitrogen and oxygen atoms in total. The number of nitrogens with two attached hydrogens (primary N) is 1. The predicted octanol–water partition coefficient (Wildman–Crippen LogP) is 1.92. The molecule has 3 N–H and O–H groups in total. The quantitative estimate of drug-likeness (QED) is 0.516. The molecule has 0 unspecified atom stereocenters. The summed E-state index contributed by atoms with van der Waals surface area (Å²) in [4.78, 5) is 31.4. The number of aromatic nitrogens is 4. The normalized spacial score (nSPS) is 16.2. The summed E-state index contributed by atoms with van der Waals surface area (Å²) in [7, 11) is 1.82. The van der Waals surface area contributed by atoms with Gasteiger partial charge in [-0.15, -0.1) is 0 Å². The van der Waals surface area contributed by atoms with Crippen LogP contribution in [0.2, 0.25) is 0 Å². The summed E-state index contributed by atoms with van der Waals surface area (Å²) in [6, 6.07) is 8.84. The molecule has 1 aliphatic heterocycles. The predicted molar refractivity (Wildman–Crippen MR) is 117 cm³/mol. The number of hydrogen-bond acceptors (Lipinski definition) is 9. The second kappa shape index (κ2) is 9.64. The number of nitriles is 1. The summed E-state index contributed by atoms with van der Waals surface area (Å²) in [5.74, 6) is 0.145. The first kappa shape index (κ1) is 22.2. The lowest BCUT2D eigenvalue weighted by Gasteiger charge is -2.18. The average Bonchev–Trinajstić information content (AvgIpc) is 3.48. The summed E-state index contributed by atoms with van der Waals surface area (Å²) >= 11 is 0. The van der Waals surface area contributed by atoms with E-state index in [1.54, 1.807) is 48.1 Å². The van der Waals surface area contributed by atoms with Gasteiger partial charge in [-0.2, -0.15) is 10.2 Å². The zero-order valence-corrected chi connectivity index (χ0v) is 18.2. The number of nitrogens with one attached hydrogen (secondary N) is 1. The maximum absolute atomic E-state index is 13.0. The van der Waals surface area contributed by atoms with Crippen molar-refractivity contribution in [1.82, 2.24) is 25.0 Å². The molecule has 170 valence electrons. The van der Waals surface area contributed by atoms with Crippen LogP contribution in [0.5, 0.6) is 5.88 Å². The van der Waals surface area contributed by atoms with Gasteiger partial charge in [0.05, 0.1) is 24.8 Å². The second-order valence-corrected chi connectivity index (χ2v) is 7.50. The van der Waals surface area contributed by atoms with E-state index in [0.717, 1.165) is 0 Å². The minimum Gasteiger partial charge on any atom is -0.471 e. The van der Waals surface area contributed by atoms with Crippen molar-refractivity contribution in [3.8, 4) is 23.3 Å². The Morgan fingerprint density at radius 2 is 2.27 bits per heavy atom. The van der Waals surface area contributed by atoms with E-state index in [0.29, 0.717) is 36.6 Å². The highest BCUT2D eigenvalue weighted by molar-refractivity contribution is 6.00. The molecule has 0 bridgehead atoms. The van der Waals surface area contributed by atoms with E-state index in [-0.39, 0.29) is 29.2 Å². The van der Waals surface area contributed by atoms with E-state index in [2.05, 4.69) is 26.5 Å². The Balaban J connectivity index is 1.63. The molecule has 0 radical (unpaired) electrons. The zero-order chi connectivity index (χ0) is 23.4. The number of hydrogen-bond donors (Lipinski definition) is 2. The first-order valence-electron chi connectivity index (χ1n) is 10.3. The number of hydroxylamine groups is 1. The number of benzene rings is 1. The van der Waals surface area contributed by atoms with Crippen LogP contribution in [0.1, 0.15) is 41.2 Å². The van der Waals surface area contributed by atoms with Crippen molar-refractivity contribution in [2.75, 3.05) is 18.9 Å². The molecular formula is C22H23N7O4. The van der Waals surface area contributed by atoms with Gasteiger partial charge in [0.2, 0.25) is 5.88 Å². The Kier molecular flexibility index (Phi) is 6.48. The third-order valence-corrected chi connectivity index (χ3v) is 5.10. The molecular weight excluding hydrogens is 426 g/mol. The molecule has 1 saturated heterocycles. The molecule has 1 aromatic carbocycles. The lowest BCUT2D eigenvalue weighted by Crippen LogP contribution is -2.29. The highest BCUT2D eigenvalue weighted by Gasteiger charge is 2.27. The van der Waals surface area contributed by atoms with Gasteiger partial charge >= 0.3 is 0 Å². The van der Waals surface area contributed by atoms with Gasteiger partial charge in [-0.25, -0.2) is 15.4 Å². The van der Waals surface area contributed by atoms with E-state index in [1.807, 2.05) is 7.05 Å². The van der Waals surface area contributed by atoms with Crippen LogP contribution < -0.4 is 16.0 Å². The SMILES string of the molecule is C[C@H](ONC(=O)c1c(N)nc(-c2cccc(C#N)c2)nc1O[C@H]1CCOC1)c1nccn1C. The first-order valence-corrected chi connectivity index (χ1v) is 10.3. The topological polar surface area (TPSA) is 150 Å². The second-order valence-electron chi connectivity index (χ2n) is 7.50. The van der Waals surface area contributed by atoms with Crippen LogP contribution in [-0.4, -0.2) is 44.7 Å². The molecule has 1 amide bonds. The van der Waals surface area contributed by atoms with Gasteiger partial charge in [-0.3, -0.25) is 9.63 Å². The van der Waals surface area contributed by atoms with Crippen LogP contribution in [0.4, 0.5) is 5.82 Å². The van der Waals surface area contributed by atoms with Gasteiger partial charge in [0.15, 0.2) is 5.82 Å². The molecule has 2 atom stereocenters. The monoisotopic (exact) mass is 449 g/mol. The van der Waals surface area contributed by atoms with Crippen LogP contribution >= 0.6 is 0 Å². The van der Waals surface area contributed by atoms with E-state index >= 15 is 0 Å². The number of rotatable bonds is 7. The van der Waals surface area contributed by atoms with Gasteiger partial charge < -0.3 is 19.8 Å². The van der Waals surface area contributed by atoms with Crippen molar-refractivity contribution in [3.63, 3.8) is 0 Å². The Morgan fingerprint density at radius 3 is 2.97 bits per heavy atom. The maximum Gasteiger partial charge on any atom is 0.284 e. The number of nitrogens with zero attached hydrogens (tertiary/aromatic N) is 5. The Bertz CT molecular complexity index is 1200. The standard InChI is InChI=1S/C22H23N7O4/c1-13(20-25-7-8-29(20)2)33-28-21(30)17-18(24)26-19(15-5-3-4-14(10-15)11-23)27-22(17)32-16-6-9-31-12-16/h3-5,7-8,10,13,16H,6,9,12H2,1-2H3,(H,28,30)(H2,24,26,27)/t13-,16-/m0/s1. The number of anilines is 1. The smallest absolute Gasteiger partial charge is 0.284 e. The molecule has 1 fully saturated rings. The zero-order valence-electron chi connectivity index (χ0n) is 18.2. The van der Waals surface area contributed by atoms with Crippen LogP contribution in [0.15, 0.2) is 36.7 Å². The van der Waals surface area contributed by atoms with Gasteiger partial charge in [-0.1, -0.05) is 12.1 Å². The van der Waals surface area contributed by atoms with Crippen molar-refractivity contribution >= 4 is 11.7 Å². The lowest BCUT2D eigenvalue weighted by molar-refractivity contribution is -0.0138. The van der Waals surface area contributed by atoms with Gasteiger partial charge in [0, 0.05) is 31.4 Å². The number of aryl methyl sites for hydroxylation is 1. The Hall–Kier alpha value is -4.01. The van der Waals surface area contributed by atoms with Crippen molar-refractivity contribution in [3.05, 3.63) is 53.6 Å². The average molecular weight is 449 g/mol. The van der Waals surface area contributed by atoms with Crippen molar-refractivity contribution in [1.29, 1.82) is 5.26 Å².